The summed E-state index contributed by atoms with van der Waals surface area (Å²) in [7, 11) is 2.15. The zero-order valence-corrected chi connectivity index (χ0v) is 22.8. The number of hydrogen-bond acceptors (Lipinski definition) is 6. The number of amides is 1. The van der Waals surface area contributed by atoms with Gasteiger partial charge in [0.15, 0.2) is 0 Å². The molecule has 3 aromatic rings. The van der Waals surface area contributed by atoms with Crippen molar-refractivity contribution >= 4 is 17.7 Å². The SMILES string of the molecule is CN1[C@@H]2CC(OC(=O)Nc3cc(CCCCC(=O)OCc4ccccc4)ccc3-c3ccccc3)C[C@H]1[C@@H]1O[C@@H]12. The number of hydrogen-bond donors (Lipinski definition) is 1. The summed E-state index contributed by atoms with van der Waals surface area (Å²) in [6, 6.07) is 26.6. The number of unbranched alkanes of at least 4 members (excludes halogenated alkanes) is 1. The number of piperidine rings is 1. The first kappa shape index (κ1) is 26.5. The van der Waals surface area contributed by atoms with Gasteiger partial charge in [-0.3, -0.25) is 15.0 Å². The number of rotatable bonds is 10. The Morgan fingerprint density at radius 2 is 1.60 bits per heavy atom. The standard InChI is InChI=1S/C33H36N2O5/c1-35-28-19-25(20-29(35)32-31(28)40-32)39-33(37)34-27-18-22(16-17-26(27)24-13-6-3-7-14-24)10-8-9-15-30(36)38-21-23-11-4-2-5-12-23/h2-7,11-14,16-18,25,28-29,31-32H,8-10,15,19-21H2,1H3,(H,34,37)/t25?,28-,29+,31-,32+. The molecule has 3 fully saturated rings. The summed E-state index contributed by atoms with van der Waals surface area (Å²) in [5.41, 5.74) is 4.80. The van der Waals surface area contributed by atoms with Crippen molar-refractivity contribution < 1.29 is 23.8 Å². The maximum atomic E-state index is 13.1. The van der Waals surface area contributed by atoms with E-state index in [4.69, 9.17) is 14.2 Å². The van der Waals surface area contributed by atoms with Crippen LogP contribution in [0.15, 0.2) is 78.9 Å². The van der Waals surface area contributed by atoms with Gasteiger partial charge in [0.1, 0.15) is 24.9 Å². The fourth-order valence-corrected chi connectivity index (χ4v) is 6.22. The number of esters is 1. The molecule has 0 aliphatic carbocycles. The van der Waals surface area contributed by atoms with Crippen molar-refractivity contribution in [1.29, 1.82) is 0 Å². The largest absolute Gasteiger partial charge is 0.461 e. The quantitative estimate of drug-likeness (QED) is 0.194. The second-order valence-corrected chi connectivity index (χ2v) is 11.1. The van der Waals surface area contributed by atoms with Gasteiger partial charge in [0.05, 0.1) is 5.69 Å². The van der Waals surface area contributed by atoms with Crippen LogP contribution in [-0.4, -0.2) is 54.4 Å². The van der Waals surface area contributed by atoms with Crippen molar-refractivity contribution in [2.45, 2.75) is 75.5 Å². The first-order chi connectivity index (χ1) is 19.5. The van der Waals surface area contributed by atoms with E-state index in [1.54, 1.807) is 0 Å². The number of carbonyl (C=O) groups is 2. The molecule has 3 aliphatic rings. The molecule has 7 nitrogen and oxygen atoms in total. The van der Waals surface area contributed by atoms with Gasteiger partial charge >= 0.3 is 12.1 Å². The minimum Gasteiger partial charge on any atom is -0.461 e. The summed E-state index contributed by atoms with van der Waals surface area (Å²) in [4.78, 5) is 27.6. The fraction of sp³-hybridized carbons (Fsp3) is 0.394. The molecule has 0 aromatic heterocycles. The molecule has 208 valence electrons. The number of likely N-dealkylation sites (N-methyl/N-ethyl adjacent to an activating group) is 1. The summed E-state index contributed by atoms with van der Waals surface area (Å²) in [6.45, 7) is 0.305. The van der Waals surface area contributed by atoms with Gasteiger partial charge < -0.3 is 14.2 Å². The number of nitrogens with one attached hydrogen (secondary N) is 1. The van der Waals surface area contributed by atoms with Gasteiger partial charge in [-0.05, 0) is 49.1 Å². The third kappa shape index (κ3) is 6.06. The van der Waals surface area contributed by atoms with Crippen molar-refractivity contribution in [2.75, 3.05) is 12.4 Å². The molecule has 7 heteroatoms. The highest BCUT2D eigenvalue weighted by molar-refractivity contribution is 5.91. The van der Waals surface area contributed by atoms with Crippen LogP contribution < -0.4 is 5.32 Å². The Kier molecular flexibility index (Phi) is 7.84. The number of benzene rings is 3. The molecule has 3 saturated heterocycles. The molecule has 3 aromatic carbocycles. The second-order valence-electron chi connectivity index (χ2n) is 11.1. The van der Waals surface area contributed by atoms with E-state index in [1.807, 2.05) is 66.7 Å². The monoisotopic (exact) mass is 540 g/mol. The van der Waals surface area contributed by atoms with E-state index in [-0.39, 0.29) is 12.1 Å². The van der Waals surface area contributed by atoms with Gasteiger partial charge in [-0.2, -0.15) is 0 Å². The summed E-state index contributed by atoms with van der Waals surface area (Å²) in [6.07, 6.45) is 4.47. The van der Waals surface area contributed by atoms with Crippen LogP contribution in [0.1, 0.15) is 43.2 Å². The zero-order valence-electron chi connectivity index (χ0n) is 22.8. The molecule has 0 radical (unpaired) electrons. The molecule has 3 aliphatic heterocycles. The van der Waals surface area contributed by atoms with Crippen LogP contribution in [0.3, 0.4) is 0 Å². The Bertz CT molecular complexity index is 1310. The van der Waals surface area contributed by atoms with Crippen molar-refractivity contribution in [1.82, 2.24) is 4.90 Å². The number of nitrogens with zero attached hydrogens (tertiary/aromatic N) is 1. The van der Waals surface area contributed by atoms with Crippen LogP contribution in [0.4, 0.5) is 10.5 Å². The highest BCUT2D eigenvalue weighted by Crippen LogP contribution is 2.48. The van der Waals surface area contributed by atoms with E-state index in [1.165, 1.54) is 0 Å². The molecular formula is C33H36N2O5. The van der Waals surface area contributed by atoms with E-state index in [0.717, 1.165) is 60.0 Å². The summed E-state index contributed by atoms with van der Waals surface area (Å²) in [5.74, 6) is -0.181. The number of ether oxygens (including phenoxy) is 3. The number of fused-ring (bicyclic) bond motifs is 5. The average molecular weight is 541 g/mol. The Hall–Kier alpha value is -3.68. The molecule has 3 heterocycles. The first-order valence-corrected chi connectivity index (χ1v) is 14.3. The number of morpholine rings is 1. The third-order valence-corrected chi connectivity index (χ3v) is 8.39. The Balaban J connectivity index is 1.04. The van der Waals surface area contributed by atoms with Crippen molar-refractivity contribution in [3.8, 4) is 11.1 Å². The second kappa shape index (κ2) is 11.8. The molecule has 1 unspecified atom stereocenters. The number of anilines is 1. The predicted molar refractivity (Wildman–Crippen MR) is 153 cm³/mol. The normalized spacial score (nSPS) is 24.7. The van der Waals surface area contributed by atoms with Gasteiger partial charge in [0, 0.05) is 36.9 Å². The third-order valence-electron chi connectivity index (χ3n) is 8.39. The summed E-state index contributed by atoms with van der Waals surface area (Å²) < 4.78 is 17.1. The van der Waals surface area contributed by atoms with Gasteiger partial charge in [0.25, 0.3) is 0 Å². The lowest BCUT2D eigenvalue weighted by atomic mass is 9.99. The van der Waals surface area contributed by atoms with E-state index in [9.17, 15) is 9.59 Å². The highest BCUT2D eigenvalue weighted by Gasteiger charge is 2.62. The summed E-state index contributed by atoms with van der Waals surface area (Å²) >= 11 is 0. The lowest BCUT2D eigenvalue weighted by Crippen LogP contribution is -2.48. The molecule has 0 spiro atoms. The van der Waals surface area contributed by atoms with E-state index < -0.39 is 6.09 Å². The lowest BCUT2D eigenvalue weighted by Gasteiger charge is -2.37. The number of epoxide rings is 1. The van der Waals surface area contributed by atoms with E-state index in [2.05, 4.69) is 29.4 Å². The van der Waals surface area contributed by atoms with Gasteiger partial charge in [-0.25, -0.2) is 4.79 Å². The fourth-order valence-electron chi connectivity index (χ4n) is 6.22. The lowest BCUT2D eigenvalue weighted by molar-refractivity contribution is -0.145. The summed E-state index contributed by atoms with van der Waals surface area (Å²) in [5, 5.41) is 3.04. The van der Waals surface area contributed by atoms with Crippen molar-refractivity contribution in [2.24, 2.45) is 0 Å². The molecule has 2 bridgehead atoms. The van der Waals surface area contributed by atoms with Gasteiger partial charge in [0.2, 0.25) is 0 Å². The predicted octanol–water partition coefficient (Wildman–Crippen LogP) is 5.97. The number of carbonyl (C=O) groups excluding carboxylic acids is 2. The smallest absolute Gasteiger partial charge is 0.411 e. The Labute approximate surface area is 235 Å². The molecule has 0 saturated carbocycles. The molecule has 1 N–H and O–H groups in total. The Morgan fingerprint density at radius 1 is 0.900 bits per heavy atom. The molecular weight excluding hydrogens is 504 g/mol. The Morgan fingerprint density at radius 3 is 2.33 bits per heavy atom. The van der Waals surface area contributed by atoms with Crippen LogP contribution in [0.2, 0.25) is 0 Å². The molecule has 5 atom stereocenters. The van der Waals surface area contributed by atoms with Gasteiger partial charge in [-0.15, -0.1) is 0 Å². The zero-order chi connectivity index (χ0) is 27.5. The molecule has 1 amide bonds. The van der Waals surface area contributed by atoms with Crippen LogP contribution in [-0.2, 0) is 32.0 Å². The van der Waals surface area contributed by atoms with Crippen molar-refractivity contribution in [3.63, 3.8) is 0 Å². The van der Waals surface area contributed by atoms with Crippen LogP contribution in [0.5, 0.6) is 0 Å². The topological polar surface area (TPSA) is 80.4 Å². The highest BCUT2D eigenvalue weighted by atomic mass is 16.6. The minimum atomic E-state index is -0.418. The van der Waals surface area contributed by atoms with Crippen molar-refractivity contribution in [3.05, 3.63) is 90.0 Å². The minimum absolute atomic E-state index is 0.104. The van der Waals surface area contributed by atoms with Crippen LogP contribution in [0.25, 0.3) is 11.1 Å². The maximum absolute atomic E-state index is 13.1. The van der Waals surface area contributed by atoms with E-state index >= 15 is 0 Å². The first-order valence-electron chi connectivity index (χ1n) is 14.3. The average Bonchev–Trinajstić information content (AvgIpc) is 3.74. The van der Waals surface area contributed by atoms with E-state index in [0.29, 0.717) is 37.3 Å². The van der Waals surface area contributed by atoms with Crippen LogP contribution >= 0.6 is 0 Å². The maximum Gasteiger partial charge on any atom is 0.411 e. The number of aryl methyl sites for hydroxylation is 1. The van der Waals surface area contributed by atoms with Crippen LogP contribution in [0, 0.1) is 0 Å². The molecule has 40 heavy (non-hydrogen) atoms. The van der Waals surface area contributed by atoms with Gasteiger partial charge in [-0.1, -0.05) is 72.8 Å². The molecule has 6 rings (SSSR count).